The summed E-state index contributed by atoms with van der Waals surface area (Å²) in [5, 5.41) is 0. The molecule has 1 aromatic carbocycles. The highest BCUT2D eigenvalue weighted by Crippen LogP contribution is 2.31. The highest BCUT2D eigenvalue weighted by atomic mass is 16.5. The van der Waals surface area contributed by atoms with Gasteiger partial charge in [0.15, 0.2) is 0 Å². The molecule has 1 aliphatic heterocycles. The summed E-state index contributed by atoms with van der Waals surface area (Å²) in [5.74, 6) is 0.717. The molecule has 1 fully saturated rings. The van der Waals surface area contributed by atoms with E-state index in [1.807, 2.05) is 31.2 Å². The van der Waals surface area contributed by atoms with Crippen LogP contribution in [-0.4, -0.2) is 38.8 Å². The van der Waals surface area contributed by atoms with E-state index in [4.69, 9.17) is 15.2 Å². The van der Waals surface area contributed by atoms with E-state index in [2.05, 4.69) is 0 Å². The highest BCUT2D eigenvalue weighted by Gasteiger charge is 2.32. The number of rotatable bonds is 6. The number of nitrogens with zero attached hydrogens (tertiary/aromatic N) is 1. The second kappa shape index (κ2) is 7.43. The third-order valence-corrected chi connectivity index (χ3v) is 3.78. The average molecular weight is 292 g/mol. The molecule has 2 unspecified atom stereocenters. The second-order valence-corrected chi connectivity index (χ2v) is 5.38. The van der Waals surface area contributed by atoms with Crippen LogP contribution in [0.2, 0.25) is 0 Å². The summed E-state index contributed by atoms with van der Waals surface area (Å²) in [7, 11) is 1.62. The molecule has 0 bridgehead atoms. The number of carbonyl (C=O) groups is 1. The Balaban J connectivity index is 2.23. The number of methoxy groups -OCH3 is 1. The van der Waals surface area contributed by atoms with Gasteiger partial charge in [-0.2, -0.15) is 0 Å². The number of hydrogen-bond donors (Lipinski definition) is 1. The second-order valence-electron chi connectivity index (χ2n) is 5.38. The molecule has 2 rings (SSSR count). The molecule has 0 aromatic heterocycles. The van der Waals surface area contributed by atoms with Crippen molar-refractivity contribution in [3.05, 3.63) is 24.3 Å². The standard InChI is InChI=1S/C16H24N2O3/c1-12-10-13(11-21-12)16(19)18(9-5-8-17)14-6-3-4-7-15(14)20-2/h3-4,6-7,12-13H,5,8-11,17H2,1-2H3. The van der Waals surface area contributed by atoms with Crippen molar-refractivity contribution in [2.45, 2.75) is 25.9 Å². The van der Waals surface area contributed by atoms with Crippen LogP contribution < -0.4 is 15.4 Å². The lowest BCUT2D eigenvalue weighted by molar-refractivity contribution is -0.122. The molecule has 1 heterocycles. The maximum absolute atomic E-state index is 12.8. The van der Waals surface area contributed by atoms with Gasteiger partial charge in [-0.3, -0.25) is 4.79 Å². The van der Waals surface area contributed by atoms with Gasteiger partial charge in [-0.25, -0.2) is 0 Å². The minimum absolute atomic E-state index is 0.0808. The minimum atomic E-state index is -0.0808. The molecule has 21 heavy (non-hydrogen) atoms. The molecule has 0 saturated carbocycles. The monoisotopic (exact) mass is 292 g/mol. The number of hydrogen-bond acceptors (Lipinski definition) is 4. The lowest BCUT2D eigenvalue weighted by atomic mass is 10.0. The molecule has 1 saturated heterocycles. The molecule has 1 aromatic rings. The maximum atomic E-state index is 12.8. The van der Waals surface area contributed by atoms with E-state index in [1.165, 1.54) is 0 Å². The fraction of sp³-hybridized carbons (Fsp3) is 0.562. The largest absolute Gasteiger partial charge is 0.495 e. The van der Waals surface area contributed by atoms with Crippen LogP contribution in [0.25, 0.3) is 0 Å². The van der Waals surface area contributed by atoms with Crippen LogP contribution in [0.15, 0.2) is 24.3 Å². The first-order chi connectivity index (χ1) is 10.2. The van der Waals surface area contributed by atoms with Crippen LogP contribution in [0.5, 0.6) is 5.75 Å². The van der Waals surface area contributed by atoms with Crippen molar-refractivity contribution < 1.29 is 14.3 Å². The number of para-hydroxylation sites is 2. The Labute approximate surface area is 126 Å². The van der Waals surface area contributed by atoms with E-state index >= 15 is 0 Å². The number of amides is 1. The highest BCUT2D eigenvalue weighted by molar-refractivity contribution is 5.96. The third-order valence-electron chi connectivity index (χ3n) is 3.78. The van der Waals surface area contributed by atoms with Crippen LogP contribution >= 0.6 is 0 Å². The van der Waals surface area contributed by atoms with Gasteiger partial charge in [0, 0.05) is 6.54 Å². The summed E-state index contributed by atoms with van der Waals surface area (Å²) in [6.45, 7) is 3.64. The molecule has 5 heteroatoms. The van der Waals surface area contributed by atoms with Crippen molar-refractivity contribution >= 4 is 11.6 Å². The summed E-state index contributed by atoms with van der Waals surface area (Å²) in [6.07, 6.45) is 1.67. The lowest BCUT2D eigenvalue weighted by Gasteiger charge is -2.26. The smallest absolute Gasteiger partial charge is 0.232 e. The van der Waals surface area contributed by atoms with Gasteiger partial charge in [0.2, 0.25) is 5.91 Å². The van der Waals surface area contributed by atoms with Crippen molar-refractivity contribution in [3.63, 3.8) is 0 Å². The predicted molar refractivity (Wildman–Crippen MR) is 82.5 cm³/mol. The zero-order valence-electron chi connectivity index (χ0n) is 12.7. The number of carbonyl (C=O) groups excluding carboxylic acids is 1. The molecule has 1 aliphatic rings. The van der Waals surface area contributed by atoms with Crippen molar-refractivity contribution in [3.8, 4) is 5.75 Å². The van der Waals surface area contributed by atoms with Crippen LogP contribution in [0, 0.1) is 5.92 Å². The lowest BCUT2D eigenvalue weighted by Crippen LogP contribution is -2.38. The fourth-order valence-electron chi connectivity index (χ4n) is 2.66. The molecule has 116 valence electrons. The van der Waals surface area contributed by atoms with E-state index in [1.54, 1.807) is 12.0 Å². The summed E-state index contributed by atoms with van der Waals surface area (Å²) in [4.78, 5) is 14.6. The number of benzene rings is 1. The molecular weight excluding hydrogens is 268 g/mol. The van der Waals surface area contributed by atoms with Crippen LogP contribution in [-0.2, 0) is 9.53 Å². The van der Waals surface area contributed by atoms with Gasteiger partial charge in [-0.05, 0) is 38.4 Å². The Hall–Kier alpha value is -1.59. The molecule has 0 radical (unpaired) electrons. The number of ether oxygens (including phenoxy) is 2. The molecule has 0 spiro atoms. The van der Waals surface area contributed by atoms with E-state index in [9.17, 15) is 4.79 Å². The van der Waals surface area contributed by atoms with Gasteiger partial charge in [-0.1, -0.05) is 12.1 Å². The van der Waals surface area contributed by atoms with E-state index in [-0.39, 0.29) is 17.9 Å². The summed E-state index contributed by atoms with van der Waals surface area (Å²) < 4.78 is 10.9. The third kappa shape index (κ3) is 3.74. The normalized spacial score (nSPS) is 21.3. The molecule has 2 N–H and O–H groups in total. The summed E-state index contributed by atoms with van der Waals surface area (Å²) >= 11 is 0. The summed E-state index contributed by atoms with van der Waals surface area (Å²) in [5.41, 5.74) is 6.41. The van der Waals surface area contributed by atoms with E-state index < -0.39 is 0 Å². The predicted octanol–water partition coefficient (Wildman–Crippen LogP) is 1.80. The van der Waals surface area contributed by atoms with Gasteiger partial charge in [0.05, 0.1) is 31.4 Å². The first-order valence-corrected chi connectivity index (χ1v) is 7.43. The van der Waals surface area contributed by atoms with Gasteiger partial charge >= 0.3 is 0 Å². The molecule has 1 amide bonds. The van der Waals surface area contributed by atoms with Crippen molar-refractivity contribution in [2.24, 2.45) is 11.7 Å². The van der Waals surface area contributed by atoms with Gasteiger partial charge in [0.25, 0.3) is 0 Å². The Morgan fingerprint density at radius 2 is 2.24 bits per heavy atom. The zero-order valence-corrected chi connectivity index (χ0v) is 12.7. The molecular formula is C16H24N2O3. The SMILES string of the molecule is COc1ccccc1N(CCCN)C(=O)C1COC(C)C1. The van der Waals surface area contributed by atoms with E-state index in [0.717, 1.165) is 18.5 Å². The minimum Gasteiger partial charge on any atom is -0.495 e. The van der Waals surface area contributed by atoms with Gasteiger partial charge < -0.3 is 20.1 Å². The van der Waals surface area contributed by atoms with Crippen LogP contribution in [0.1, 0.15) is 19.8 Å². The molecule has 2 atom stereocenters. The first kappa shape index (κ1) is 15.8. The summed E-state index contributed by atoms with van der Waals surface area (Å²) in [6, 6.07) is 7.58. The Morgan fingerprint density at radius 3 is 2.86 bits per heavy atom. The van der Waals surface area contributed by atoms with Crippen LogP contribution in [0.4, 0.5) is 5.69 Å². The quantitative estimate of drug-likeness (QED) is 0.868. The number of nitrogens with two attached hydrogens (primary N) is 1. The zero-order chi connectivity index (χ0) is 15.2. The Morgan fingerprint density at radius 1 is 1.48 bits per heavy atom. The number of anilines is 1. The first-order valence-electron chi connectivity index (χ1n) is 7.43. The average Bonchev–Trinajstić information content (AvgIpc) is 2.94. The molecule has 5 nitrogen and oxygen atoms in total. The fourth-order valence-corrected chi connectivity index (χ4v) is 2.66. The molecule has 0 aliphatic carbocycles. The van der Waals surface area contributed by atoms with Crippen molar-refractivity contribution in [1.82, 2.24) is 0 Å². The maximum Gasteiger partial charge on any atom is 0.232 e. The van der Waals surface area contributed by atoms with Gasteiger partial charge in [-0.15, -0.1) is 0 Å². The topological polar surface area (TPSA) is 64.8 Å². The van der Waals surface area contributed by atoms with Crippen molar-refractivity contribution in [2.75, 3.05) is 31.7 Å². The van der Waals surface area contributed by atoms with E-state index in [0.29, 0.717) is 25.4 Å². The Kier molecular flexibility index (Phi) is 5.59. The Bertz CT molecular complexity index is 478. The van der Waals surface area contributed by atoms with Gasteiger partial charge in [0.1, 0.15) is 5.75 Å². The van der Waals surface area contributed by atoms with Crippen molar-refractivity contribution in [1.29, 1.82) is 0 Å². The van der Waals surface area contributed by atoms with Crippen LogP contribution in [0.3, 0.4) is 0 Å².